The Kier molecular flexibility index (Phi) is 6.96. The summed E-state index contributed by atoms with van der Waals surface area (Å²) in [4.78, 5) is 17.6. The van der Waals surface area contributed by atoms with E-state index in [0.717, 1.165) is 46.5 Å². The highest BCUT2D eigenvalue weighted by molar-refractivity contribution is 5.93. The van der Waals surface area contributed by atoms with Crippen LogP contribution in [0.1, 0.15) is 54.8 Å². The highest BCUT2D eigenvalue weighted by Gasteiger charge is 2.24. The maximum atomic E-state index is 12.8. The lowest BCUT2D eigenvalue weighted by Gasteiger charge is -2.13. The SMILES string of the molecule is C=C(C)c1nc(CCC)n(Cc2ccc(-c3ccccc3-c3nn[nH]n3)cc2)c1C(=O)OCC. The molecule has 2 heterocycles. The average molecular weight is 457 g/mol. The van der Waals surface area contributed by atoms with Gasteiger partial charge in [0.25, 0.3) is 0 Å². The van der Waals surface area contributed by atoms with E-state index in [0.29, 0.717) is 30.4 Å². The number of aryl methyl sites for hydroxylation is 1. The number of H-pyrrole nitrogens is 1. The van der Waals surface area contributed by atoms with Crippen LogP contribution in [0.2, 0.25) is 0 Å². The summed E-state index contributed by atoms with van der Waals surface area (Å²) in [5.41, 5.74) is 5.82. The van der Waals surface area contributed by atoms with Crippen molar-refractivity contribution in [2.24, 2.45) is 0 Å². The number of ether oxygens (including phenoxy) is 1. The fourth-order valence-corrected chi connectivity index (χ4v) is 3.97. The summed E-state index contributed by atoms with van der Waals surface area (Å²) in [5.74, 6) is 1.03. The number of tetrazole rings is 1. The highest BCUT2D eigenvalue weighted by atomic mass is 16.5. The molecule has 34 heavy (non-hydrogen) atoms. The van der Waals surface area contributed by atoms with Gasteiger partial charge < -0.3 is 9.30 Å². The standard InChI is InChI=1S/C26H28N6O2/c1-5-9-22-27-23(17(3)4)24(26(33)34-6-2)32(22)16-18-12-14-19(15-13-18)20-10-7-8-11-21(20)25-28-30-31-29-25/h7-8,10-15H,3,5-6,9,16H2,1-2,4H3,(H,28,29,30,31). The van der Waals surface area contributed by atoms with Gasteiger partial charge in [0, 0.05) is 18.5 Å². The zero-order valence-corrected chi connectivity index (χ0v) is 19.7. The number of carbonyl (C=O) groups is 1. The average Bonchev–Trinajstić information content (AvgIpc) is 3.49. The Morgan fingerprint density at radius 3 is 2.44 bits per heavy atom. The van der Waals surface area contributed by atoms with Crippen LogP contribution < -0.4 is 0 Å². The molecule has 0 radical (unpaired) electrons. The molecule has 8 heteroatoms. The van der Waals surface area contributed by atoms with Crippen molar-refractivity contribution < 1.29 is 9.53 Å². The first-order valence-corrected chi connectivity index (χ1v) is 11.4. The second-order valence-electron chi connectivity index (χ2n) is 8.04. The molecule has 2 aromatic carbocycles. The number of hydrogen-bond donors (Lipinski definition) is 1. The van der Waals surface area contributed by atoms with E-state index in [1.807, 2.05) is 35.8 Å². The first-order chi connectivity index (χ1) is 16.5. The van der Waals surface area contributed by atoms with E-state index >= 15 is 0 Å². The van der Waals surface area contributed by atoms with E-state index in [9.17, 15) is 4.79 Å². The molecule has 0 amide bonds. The van der Waals surface area contributed by atoms with Crippen molar-refractivity contribution in [3.05, 3.63) is 77.9 Å². The predicted octanol–water partition coefficient (Wildman–Crippen LogP) is 4.94. The Labute approximate surface area is 198 Å². The molecule has 2 aromatic heterocycles. The summed E-state index contributed by atoms with van der Waals surface area (Å²) >= 11 is 0. The zero-order valence-electron chi connectivity index (χ0n) is 19.7. The lowest BCUT2D eigenvalue weighted by atomic mass is 9.98. The first kappa shape index (κ1) is 23.1. The monoisotopic (exact) mass is 456 g/mol. The Morgan fingerprint density at radius 1 is 1.09 bits per heavy atom. The highest BCUT2D eigenvalue weighted by Crippen LogP contribution is 2.30. The number of esters is 1. The fraction of sp³-hybridized carbons (Fsp3) is 0.269. The topological polar surface area (TPSA) is 98.6 Å². The summed E-state index contributed by atoms with van der Waals surface area (Å²) in [6, 6.07) is 16.2. The number of nitrogens with zero attached hydrogens (tertiary/aromatic N) is 5. The number of aromatic amines is 1. The third-order valence-electron chi connectivity index (χ3n) is 5.51. The van der Waals surface area contributed by atoms with Gasteiger partial charge in [-0.15, -0.1) is 10.2 Å². The van der Waals surface area contributed by atoms with Crippen LogP contribution in [0.25, 0.3) is 28.1 Å². The molecule has 8 nitrogen and oxygen atoms in total. The van der Waals surface area contributed by atoms with Crippen LogP contribution in [-0.2, 0) is 17.7 Å². The van der Waals surface area contributed by atoms with Gasteiger partial charge >= 0.3 is 5.97 Å². The van der Waals surface area contributed by atoms with Crippen molar-refractivity contribution in [1.29, 1.82) is 0 Å². The minimum Gasteiger partial charge on any atom is -0.461 e. The lowest BCUT2D eigenvalue weighted by Crippen LogP contribution is -2.16. The number of allylic oxidation sites excluding steroid dienone is 1. The number of nitrogens with one attached hydrogen (secondary N) is 1. The maximum absolute atomic E-state index is 12.8. The van der Waals surface area contributed by atoms with Gasteiger partial charge in [0.2, 0.25) is 5.82 Å². The van der Waals surface area contributed by atoms with Crippen molar-refractivity contribution >= 4 is 11.5 Å². The molecule has 0 aliphatic heterocycles. The summed E-state index contributed by atoms with van der Waals surface area (Å²) in [5, 5.41) is 14.4. The number of imidazole rings is 1. The van der Waals surface area contributed by atoms with Crippen molar-refractivity contribution in [2.45, 2.75) is 40.2 Å². The Hall–Kier alpha value is -4.07. The molecular formula is C26H28N6O2. The van der Waals surface area contributed by atoms with Crippen LogP contribution in [0.5, 0.6) is 0 Å². The maximum Gasteiger partial charge on any atom is 0.357 e. The van der Waals surface area contributed by atoms with E-state index in [4.69, 9.17) is 9.72 Å². The van der Waals surface area contributed by atoms with E-state index < -0.39 is 0 Å². The van der Waals surface area contributed by atoms with Crippen LogP contribution in [0.15, 0.2) is 55.1 Å². The van der Waals surface area contributed by atoms with Crippen molar-refractivity contribution in [2.75, 3.05) is 6.61 Å². The molecule has 0 atom stereocenters. The Bertz CT molecular complexity index is 1290. The van der Waals surface area contributed by atoms with Gasteiger partial charge in [0.1, 0.15) is 5.82 Å². The minimum atomic E-state index is -0.374. The summed E-state index contributed by atoms with van der Waals surface area (Å²) in [6.07, 6.45) is 1.68. The van der Waals surface area contributed by atoms with Gasteiger partial charge in [-0.3, -0.25) is 0 Å². The number of rotatable bonds is 9. The molecule has 0 bridgehead atoms. The van der Waals surface area contributed by atoms with Gasteiger partial charge in [0.05, 0.1) is 12.3 Å². The van der Waals surface area contributed by atoms with Gasteiger partial charge in [-0.25, -0.2) is 9.78 Å². The second-order valence-corrected chi connectivity index (χ2v) is 8.04. The molecule has 0 saturated heterocycles. The smallest absolute Gasteiger partial charge is 0.357 e. The molecule has 0 unspecified atom stereocenters. The summed E-state index contributed by atoms with van der Waals surface area (Å²) in [6.45, 7) is 10.6. The van der Waals surface area contributed by atoms with Gasteiger partial charge in [-0.2, -0.15) is 5.21 Å². The first-order valence-electron chi connectivity index (χ1n) is 11.4. The largest absolute Gasteiger partial charge is 0.461 e. The predicted molar refractivity (Wildman–Crippen MR) is 131 cm³/mol. The van der Waals surface area contributed by atoms with Crippen LogP contribution in [-0.4, -0.2) is 42.8 Å². The van der Waals surface area contributed by atoms with Gasteiger partial charge in [-0.1, -0.05) is 62.0 Å². The molecule has 0 aliphatic rings. The normalized spacial score (nSPS) is 10.9. The third kappa shape index (κ3) is 4.66. The van der Waals surface area contributed by atoms with Crippen LogP contribution in [0.4, 0.5) is 0 Å². The summed E-state index contributed by atoms with van der Waals surface area (Å²) in [7, 11) is 0. The molecule has 0 spiro atoms. The Morgan fingerprint density at radius 2 is 1.82 bits per heavy atom. The Balaban J connectivity index is 1.70. The lowest BCUT2D eigenvalue weighted by molar-refractivity contribution is 0.0513. The van der Waals surface area contributed by atoms with Gasteiger partial charge in [0.15, 0.2) is 5.69 Å². The molecule has 4 aromatic rings. The third-order valence-corrected chi connectivity index (χ3v) is 5.51. The molecule has 0 fully saturated rings. The summed E-state index contributed by atoms with van der Waals surface area (Å²) < 4.78 is 7.32. The quantitative estimate of drug-likeness (QED) is 0.358. The molecule has 0 aliphatic carbocycles. The molecule has 0 saturated carbocycles. The molecular weight excluding hydrogens is 428 g/mol. The number of hydrogen-bond acceptors (Lipinski definition) is 6. The van der Waals surface area contributed by atoms with Crippen molar-refractivity contribution in [1.82, 2.24) is 30.2 Å². The second kappa shape index (κ2) is 10.2. The van der Waals surface area contributed by atoms with Crippen molar-refractivity contribution in [3.8, 4) is 22.5 Å². The minimum absolute atomic E-state index is 0.303. The van der Waals surface area contributed by atoms with Crippen LogP contribution in [0.3, 0.4) is 0 Å². The van der Waals surface area contributed by atoms with Crippen LogP contribution >= 0.6 is 0 Å². The molecule has 174 valence electrons. The fourth-order valence-electron chi connectivity index (χ4n) is 3.97. The van der Waals surface area contributed by atoms with E-state index in [1.54, 1.807) is 6.92 Å². The number of benzene rings is 2. The molecule has 4 rings (SSSR count). The molecule has 1 N–H and O–H groups in total. The van der Waals surface area contributed by atoms with Crippen molar-refractivity contribution in [3.63, 3.8) is 0 Å². The van der Waals surface area contributed by atoms with E-state index in [1.165, 1.54) is 0 Å². The zero-order chi connectivity index (χ0) is 24.1. The van der Waals surface area contributed by atoms with E-state index in [-0.39, 0.29) is 5.97 Å². The van der Waals surface area contributed by atoms with Gasteiger partial charge in [-0.05, 0) is 47.7 Å². The number of aromatic nitrogens is 6. The number of carbonyl (C=O) groups excluding carboxylic acids is 1. The van der Waals surface area contributed by atoms with E-state index in [2.05, 4.69) is 58.4 Å². The van der Waals surface area contributed by atoms with Crippen LogP contribution in [0, 0.1) is 0 Å².